The van der Waals surface area contributed by atoms with Crippen molar-refractivity contribution in [2.45, 2.75) is 26.3 Å². The van der Waals surface area contributed by atoms with E-state index >= 15 is 0 Å². The van der Waals surface area contributed by atoms with Gasteiger partial charge in [-0.05, 0) is 49.8 Å². The molecule has 3 atom stereocenters. The summed E-state index contributed by atoms with van der Waals surface area (Å²) >= 11 is 3.01. The van der Waals surface area contributed by atoms with Gasteiger partial charge in [-0.1, -0.05) is 12.1 Å². The first-order chi connectivity index (χ1) is 18.4. The Hall–Kier alpha value is -3.28. The molecule has 38 heavy (non-hydrogen) atoms. The van der Waals surface area contributed by atoms with Crippen LogP contribution in [0.25, 0.3) is 15.4 Å². The lowest BCUT2D eigenvalue weighted by molar-refractivity contribution is 0.0690. The number of carbonyl (C=O) groups excluding carboxylic acids is 2. The Bertz CT molecular complexity index is 1510. The van der Waals surface area contributed by atoms with Gasteiger partial charge in [-0.3, -0.25) is 14.0 Å². The number of likely N-dealkylation sites (tertiary alicyclic amines) is 1. The van der Waals surface area contributed by atoms with Crippen LogP contribution in [0.5, 0.6) is 5.75 Å². The summed E-state index contributed by atoms with van der Waals surface area (Å²) in [4.78, 5) is 39.7. The van der Waals surface area contributed by atoms with Crippen LogP contribution in [0.1, 0.15) is 38.1 Å². The Morgan fingerprint density at radius 3 is 2.92 bits per heavy atom. The van der Waals surface area contributed by atoms with E-state index < -0.39 is 0 Å². The van der Waals surface area contributed by atoms with E-state index in [1.165, 1.54) is 22.7 Å². The number of rotatable bonds is 9. The molecule has 2 aliphatic rings. The number of piperidine rings is 1. The van der Waals surface area contributed by atoms with Gasteiger partial charge in [0.1, 0.15) is 23.7 Å². The fourth-order valence-electron chi connectivity index (χ4n) is 5.39. The highest BCUT2D eigenvalue weighted by atomic mass is 32.1. The van der Waals surface area contributed by atoms with Crippen molar-refractivity contribution in [2.75, 3.05) is 33.4 Å². The molecule has 0 spiro atoms. The summed E-state index contributed by atoms with van der Waals surface area (Å²) in [6.45, 7) is 5.82. The molecule has 1 saturated carbocycles. The molecule has 11 heteroatoms. The number of aromatic nitrogens is 3. The Morgan fingerprint density at radius 2 is 2.08 bits per heavy atom. The quantitative estimate of drug-likeness (QED) is 0.315. The van der Waals surface area contributed by atoms with Crippen LogP contribution in [0, 0.1) is 25.7 Å². The zero-order valence-corrected chi connectivity index (χ0v) is 23.1. The lowest BCUT2D eigenvalue weighted by Crippen LogP contribution is -2.46. The molecule has 6 rings (SSSR count). The molecule has 0 radical (unpaired) electrons. The van der Waals surface area contributed by atoms with Gasteiger partial charge in [-0.2, -0.15) is 0 Å². The molecule has 3 aromatic heterocycles. The van der Waals surface area contributed by atoms with E-state index in [-0.39, 0.29) is 17.9 Å². The number of benzene rings is 1. The number of hydrogen-bond donors (Lipinski definition) is 1. The molecule has 0 unspecified atom stereocenters. The second-order valence-electron chi connectivity index (χ2n) is 9.78. The van der Waals surface area contributed by atoms with Crippen molar-refractivity contribution in [3.8, 4) is 16.2 Å². The summed E-state index contributed by atoms with van der Waals surface area (Å²) in [6.07, 6.45) is 2.95. The molecular weight excluding hydrogens is 522 g/mol. The molecule has 4 aromatic rings. The standard InChI is InChI=1S/C27H29N5O4S2/c1-15-23(31-7-10-37-27(31)29-15)25(33)28-13-21-20-12-18(20)14-32(21)26(34)22-24(38-16(2)30-22)17-5-4-6-19(11-17)36-9-8-35-3/h4-7,10-11,18,20-21H,8-9,12-14H2,1-3H3,(H,28,33)/t18-,20-,21-/m1/s1. The van der Waals surface area contributed by atoms with Gasteiger partial charge in [0.2, 0.25) is 0 Å². The molecule has 2 fully saturated rings. The van der Waals surface area contributed by atoms with Crippen LogP contribution in [0.15, 0.2) is 35.8 Å². The maximum atomic E-state index is 13.9. The van der Waals surface area contributed by atoms with E-state index in [4.69, 9.17) is 9.47 Å². The molecule has 1 N–H and O–H groups in total. The van der Waals surface area contributed by atoms with Crippen LogP contribution < -0.4 is 10.1 Å². The molecular formula is C27H29N5O4S2. The smallest absolute Gasteiger partial charge is 0.274 e. The first-order valence-corrected chi connectivity index (χ1v) is 14.3. The number of carbonyl (C=O) groups is 2. The lowest BCUT2D eigenvalue weighted by atomic mass is 10.1. The molecule has 1 aliphatic carbocycles. The highest BCUT2D eigenvalue weighted by molar-refractivity contribution is 7.15. The number of fused-ring (bicyclic) bond motifs is 2. The van der Waals surface area contributed by atoms with E-state index in [1.54, 1.807) is 7.11 Å². The van der Waals surface area contributed by atoms with Gasteiger partial charge in [0.05, 0.1) is 28.2 Å². The third-order valence-corrected chi connectivity index (χ3v) is 9.05. The van der Waals surface area contributed by atoms with Gasteiger partial charge >= 0.3 is 0 Å². The normalized spacial score (nSPS) is 20.1. The van der Waals surface area contributed by atoms with Crippen LogP contribution in [0.3, 0.4) is 0 Å². The highest BCUT2D eigenvalue weighted by Crippen LogP contribution is 2.50. The minimum Gasteiger partial charge on any atom is -0.491 e. The van der Waals surface area contributed by atoms with Crippen molar-refractivity contribution in [3.63, 3.8) is 0 Å². The number of amides is 2. The van der Waals surface area contributed by atoms with Crippen molar-refractivity contribution in [1.82, 2.24) is 24.6 Å². The van der Waals surface area contributed by atoms with Crippen molar-refractivity contribution in [1.29, 1.82) is 0 Å². The second-order valence-corrected chi connectivity index (χ2v) is 11.9. The van der Waals surface area contributed by atoms with Crippen LogP contribution in [0.2, 0.25) is 0 Å². The third kappa shape index (κ3) is 4.59. The number of ether oxygens (including phenoxy) is 2. The van der Waals surface area contributed by atoms with Gasteiger partial charge in [0.25, 0.3) is 11.8 Å². The van der Waals surface area contributed by atoms with Crippen molar-refractivity contribution < 1.29 is 19.1 Å². The summed E-state index contributed by atoms with van der Waals surface area (Å²) in [5, 5.41) is 5.84. The minimum atomic E-state index is -0.166. The zero-order valence-electron chi connectivity index (χ0n) is 21.5. The Labute approximate surface area is 228 Å². The maximum absolute atomic E-state index is 13.9. The molecule has 4 heterocycles. The predicted molar refractivity (Wildman–Crippen MR) is 146 cm³/mol. The summed E-state index contributed by atoms with van der Waals surface area (Å²) in [5.74, 6) is 1.37. The topological polar surface area (TPSA) is 98.1 Å². The monoisotopic (exact) mass is 551 g/mol. The van der Waals surface area contributed by atoms with Gasteiger partial charge in [-0.25, -0.2) is 9.97 Å². The number of nitrogens with zero attached hydrogens (tertiary/aromatic N) is 4. The van der Waals surface area contributed by atoms with Gasteiger partial charge in [0, 0.05) is 31.8 Å². The van der Waals surface area contributed by atoms with Gasteiger partial charge in [-0.15, -0.1) is 22.7 Å². The SMILES string of the molecule is COCCOc1cccc(-c2sc(C)nc2C(=O)N2C[C@H]3C[C@H]3[C@H]2CNC(=O)c2c(C)nc3sccn23)c1. The Balaban J connectivity index is 1.20. The maximum Gasteiger partial charge on any atom is 0.274 e. The average Bonchev–Trinajstić information content (AvgIpc) is 3.22. The van der Waals surface area contributed by atoms with Crippen LogP contribution >= 0.6 is 22.7 Å². The first-order valence-electron chi connectivity index (χ1n) is 12.7. The number of hydrogen-bond acceptors (Lipinski definition) is 8. The first kappa shape index (κ1) is 25.0. The summed E-state index contributed by atoms with van der Waals surface area (Å²) in [6, 6.07) is 7.68. The van der Waals surface area contributed by atoms with Crippen LogP contribution in [-0.2, 0) is 4.74 Å². The largest absolute Gasteiger partial charge is 0.491 e. The predicted octanol–water partition coefficient (Wildman–Crippen LogP) is 4.05. The van der Waals surface area contributed by atoms with Crippen LogP contribution in [-0.4, -0.2) is 70.5 Å². The van der Waals surface area contributed by atoms with Crippen molar-refractivity contribution in [2.24, 2.45) is 11.8 Å². The summed E-state index contributed by atoms with van der Waals surface area (Å²) < 4.78 is 12.7. The number of nitrogens with one attached hydrogen (secondary N) is 1. The van der Waals surface area contributed by atoms with E-state index in [1.807, 2.05) is 59.0 Å². The number of thiazole rings is 2. The molecule has 0 bridgehead atoms. The second kappa shape index (κ2) is 10.1. The van der Waals surface area contributed by atoms with Gasteiger partial charge < -0.3 is 19.7 Å². The third-order valence-electron chi connectivity index (χ3n) is 7.28. The fourth-order valence-corrected chi connectivity index (χ4v) is 7.06. The molecule has 2 amide bonds. The van der Waals surface area contributed by atoms with E-state index in [9.17, 15) is 9.59 Å². The number of aryl methyl sites for hydroxylation is 2. The summed E-state index contributed by atoms with van der Waals surface area (Å²) in [5.41, 5.74) is 2.62. The molecule has 1 aromatic carbocycles. The fraction of sp³-hybridized carbons (Fsp3) is 0.407. The zero-order chi connectivity index (χ0) is 26.4. The molecule has 1 saturated heterocycles. The van der Waals surface area contributed by atoms with Gasteiger partial charge in [0.15, 0.2) is 4.96 Å². The molecule has 9 nitrogen and oxygen atoms in total. The van der Waals surface area contributed by atoms with Crippen molar-refractivity contribution in [3.05, 3.63) is 57.9 Å². The van der Waals surface area contributed by atoms with Crippen molar-refractivity contribution >= 4 is 39.4 Å². The van der Waals surface area contributed by atoms with E-state index in [2.05, 4.69) is 15.3 Å². The van der Waals surface area contributed by atoms with Crippen LogP contribution in [0.4, 0.5) is 0 Å². The number of imidazole rings is 1. The number of methoxy groups -OCH3 is 1. The average molecular weight is 552 g/mol. The Kier molecular flexibility index (Phi) is 6.67. The minimum absolute atomic E-state index is 0.0544. The lowest BCUT2D eigenvalue weighted by Gasteiger charge is -2.27. The molecule has 198 valence electrons. The molecule has 1 aliphatic heterocycles. The highest BCUT2D eigenvalue weighted by Gasteiger charge is 2.54. The Morgan fingerprint density at radius 1 is 1.21 bits per heavy atom. The summed E-state index contributed by atoms with van der Waals surface area (Å²) in [7, 11) is 1.64. The van der Waals surface area contributed by atoms with E-state index in [0.29, 0.717) is 55.2 Å². The van der Waals surface area contributed by atoms with E-state index in [0.717, 1.165) is 32.6 Å².